The van der Waals surface area contributed by atoms with Crippen LogP contribution in [0.2, 0.25) is 0 Å². The van der Waals surface area contributed by atoms with E-state index in [4.69, 9.17) is 9.78 Å². The Morgan fingerprint density at radius 3 is 3.08 bits per heavy atom. The van der Waals surface area contributed by atoms with Gasteiger partial charge in [0.2, 0.25) is 0 Å². The maximum atomic E-state index is 5.17. The van der Waals surface area contributed by atoms with Crippen molar-refractivity contribution in [3.8, 4) is 5.75 Å². The molecule has 1 aliphatic rings. The van der Waals surface area contributed by atoms with Gasteiger partial charge in [-0.05, 0) is 43.4 Å². The van der Waals surface area contributed by atoms with Crippen LogP contribution in [0, 0.1) is 6.92 Å². The summed E-state index contributed by atoms with van der Waals surface area (Å²) in [4.78, 5) is 10.2. The molecule has 0 bridgehead atoms. The zero-order valence-electron chi connectivity index (χ0n) is 7.58. The molecule has 2 rings (SSSR count). The van der Waals surface area contributed by atoms with Crippen molar-refractivity contribution in [3.63, 3.8) is 0 Å². The molecule has 2 nitrogen and oxygen atoms in total. The fraction of sp³-hybridized carbons (Fsp3) is 0.364. The Morgan fingerprint density at radius 1 is 1.23 bits per heavy atom. The predicted molar refractivity (Wildman–Crippen MR) is 50.4 cm³/mol. The number of benzene rings is 1. The molecule has 0 atom stereocenters. The second kappa shape index (κ2) is 3.79. The summed E-state index contributed by atoms with van der Waals surface area (Å²) in [5.41, 5.74) is 2.18. The second-order valence-corrected chi connectivity index (χ2v) is 3.30. The molecule has 0 fully saturated rings. The van der Waals surface area contributed by atoms with E-state index in [0.29, 0.717) is 6.61 Å². The molecular weight excluding hydrogens is 164 g/mol. The Hall–Kier alpha value is -1.02. The summed E-state index contributed by atoms with van der Waals surface area (Å²) in [6.45, 7) is 4.53. The van der Waals surface area contributed by atoms with Gasteiger partial charge in [0, 0.05) is 0 Å². The summed E-state index contributed by atoms with van der Waals surface area (Å²) >= 11 is 0. The van der Waals surface area contributed by atoms with E-state index in [9.17, 15) is 0 Å². The average Bonchev–Trinajstić information content (AvgIpc) is 2.08. The fourth-order valence-corrected chi connectivity index (χ4v) is 1.46. The third kappa shape index (κ3) is 2.01. The molecular formula is C11H13O2. The van der Waals surface area contributed by atoms with Gasteiger partial charge in [-0.2, -0.15) is 4.89 Å². The van der Waals surface area contributed by atoms with Crippen molar-refractivity contribution >= 4 is 0 Å². The van der Waals surface area contributed by atoms with Gasteiger partial charge in [-0.1, -0.05) is 12.1 Å². The summed E-state index contributed by atoms with van der Waals surface area (Å²) in [7, 11) is 0. The molecule has 0 saturated carbocycles. The first-order valence-corrected chi connectivity index (χ1v) is 4.60. The highest BCUT2D eigenvalue weighted by atomic mass is 17.2. The van der Waals surface area contributed by atoms with Gasteiger partial charge in [0.05, 0.1) is 6.61 Å². The number of fused-ring (bicyclic) bond motifs is 1. The molecule has 0 amide bonds. The third-order valence-electron chi connectivity index (χ3n) is 2.20. The quantitative estimate of drug-likeness (QED) is 0.567. The molecule has 1 aromatic carbocycles. The summed E-state index contributed by atoms with van der Waals surface area (Å²) < 4.78 is 0. The first-order valence-electron chi connectivity index (χ1n) is 4.60. The summed E-state index contributed by atoms with van der Waals surface area (Å²) in [5.74, 6) is 0.826. The standard InChI is InChI=1S/C11H13O2/c1-9-5-6-10-4-2-3-7-12-13-11(10)8-9/h5-6,8H,1-4,7H2. The maximum absolute atomic E-state index is 5.17. The van der Waals surface area contributed by atoms with Crippen molar-refractivity contribution in [2.45, 2.75) is 19.3 Å². The van der Waals surface area contributed by atoms with Crippen LogP contribution in [0.4, 0.5) is 0 Å². The van der Waals surface area contributed by atoms with Crippen LogP contribution in [0.5, 0.6) is 5.75 Å². The van der Waals surface area contributed by atoms with Crippen LogP contribution in [-0.4, -0.2) is 6.61 Å². The van der Waals surface area contributed by atoms with E-state index in [1.807, 2.05) is 12.1 Å². The number of hydrogen-bond acceptors (Lipinski definition) is 2. The second-order valence-electron chi connectivity index (χ2n) is 3.30. The minimum atomic E-state index is 0.681. The maximum Gasteiger partial charge on any atom is 0.168 e. The molecule has 0 aromatic heterocycles. The number of rotatable bonds is 0. The highest BCUT2D eigenvalue weighted by Gasteiger charge is 2.08. The molecule has 13 heavy (non-hydrogen) atoms. The lowest BCUT2D eigenvalue weighted by Gasteiger charge is -2.13. The molecule has 1 radical (unpaired) electrons. The molecule has 0 aliphatic carbocycles. The topological polar surface area (TPSA) is 18.5 Å². The van der Waals surface area contributed by atoms with Gasteiger partial charge in [0.25, 0.3) is 0 Å². The Bertz CT molecular complexity index is 294. The van der Waals surface area contributed by atoms with Crippen LogP contribution in [0.1, 0.15) is 24.0 Å². The summed E-state index contributed by atoms with van der Waals surface area (Å²) in [5, 5.41) is 0. The van der Waals surface area contributed by atoms with Gasteiger partial charge in [-0.25, -0.2) is 0 Å². The Morgan fingerprint density at radius 2 is 2.15 bits per heavy atom. The van der Waals surface area contributed by atoms with Gasteiger partial charge in [-0.3, -0.25) is 0 Å². The van der Waals surface area contributed by atoms with Gasteiger partial charge >= 0.3 is 0 Å². The lowest BCUT2D eigenvalue weighted by Crippen LogP contribution is -2.06. The Kier molecular flexibility index (Phi) is 2.50. The number of hydrogen-bond donors (Lipinski definition) is 0. The Balaban J connectivity index is 2.28. The minimum absolute atomic E-state index is 0.681. The number of aryl methyl sites for hydroxylation is 1. The molecule has 0 unspecified atom stereocenters. The summed E-state index contributed by atoms with van der Waals surface area (Å²) in [6.07, 6.45) is 3.29. The highest BCUT2D eigenvalue weighted by Crippen LogP contribution is 2.24. The van der Waals surface area contributed by atoms with Crippen molar-refractivity contribution in [2.75, 3.05) is 6.61 Å². The van der Waals surface area contributed by atoms with E-state index in [0.717, 1.165) is 30.6 Å². The smallest absolute Gasteiger partial charge is 0.168 e. The molecule has 69 valence electrons. The fourth-order valence-electron chi connectivity index (χ4n) is 1.46. The third-order valence-corrected chi connectivity index (χ3v) is 2.20. The molecule has 0 saturated heterocycles. The van der Waals surface area contributed by atoms with E-state index in [-0.39, 0.29) is 0 Å². The highest BCUT2D eigenvalue weighted by molar-refractivity contribution is 5.38. The van der Waals surface area contributed by atoms with E-state index in [2.05, 4.69) is 13.0 Å². The van der Waals surface area contributed by atoms with Crippen LogP contribution in [0.25, 0.3) is 0 Å². The van der Waals surface area contributed by atoms with Crippen molar-refractivity contribution in [2.24, 2.45) is 0 Å². The molecule has 1 aliphatic heterocycles. The Labute approximate surface area is 78.4 Å². The average molecular weight is 177 g/mol. The van der Waals surface area contributed by atoms with Gasteiger partial charge < -0.3 is 4.89 Å². The van der Waals surface area contributed by atoms with Gasteiger partial charge in [0.1, 0.15) is 0 Å². The summed E-state index contributed by atoms with van der Waals surface area (Å²) in [6, 6.07) is 5.98. The van der Waals surface area contributed by atoms with E-state index in [1.54, 1.807) is 0 Å². The first kappa shape index (κ1) is 8.57. The zero-order valence-corrected chi connectivity index (χ0v) is 7.58. The molecule has 2 heteroatoms. The zero-order chi connectivity index (χ0) is 9.10. The lowest BCUT2D eigenvalue weighted by molar-refractivity contribution is -0.209. The van der Waals surface area contributed by atoms with E-state index >= 15 is 0 Å². The van der Waals surface area contributed by atoms with Crippen molar-refractivity contribution in [1.82, 2.24) is 0 Å². The van der Waals surface area contributed by atoms with Gasteiger partial charge in [0.15, 0.2) is 5.75 Å². The van der Waals surface area contributed by atoms with Crippen LogP contribution >= 0.6 is 0 Å². The minimum Gasteiger partial charge on any atom is -0.337 e. The van der Waals surface area contributed by atoms with Gasteiger partial charge in [-0.15, -0.1) is 0 Å². The van der Waals surface area contributed by atoms with E-state index in [1.165, 1.54) is 5.56 Å². The van der Waals surface area contributed by atoms with Crippen molar-refractivity contribution in [1.29, 1.82) is 0 Å². The normalized spacial score (nSPS) is 16.7. The SMILES string of the molecule is [CH2]c1ccc2c(c1)OOCCCC2. The predicted octanol–water partition coefficient (Wildman–Crippen LogP) is 2.52. The van der Waals surface area contributed by atoms with E-state index < -0.39 is 0 Å². The van der Waals surface area contributed by atoms with Crippen LogP contribution in [-0.2, 0) is 11.3 Å². The first-order chi connectivity index (χ1) is 6.36. The molecule has 1 heterocycles. The lowest BCUT2D eigenvalue weighted by atomic mass is 10.1. The molecule has 0 spiro atoms. The van der Waals surface area contributed by atoms with Crippen LogP contribution in [0.3, 0.4) is 0 Å². The monoisotopic (exact) mass is 177 g/mol. The molecule has 0 N–H and O–H groups in total. The van der Waals surface area contributed by atoms with Crippen molar-refractivity contribution < 1.29 is 9.78 Å². The van der Waals surface area contributed by atoms with Crippen LogP contribution in [0.15, 0.2) is 18.2 Å². The van der Waals surface area contributed by atoms with Crippen molar-refractivity contribution in [3.05, 3.63) is 36.2 Å². The molecule has 1 aromatic rings. The largest absolute Gasteiger partial charge is 0.337 e. The van der Waals surface area contributed by atoms with Crippen LogP contribution < -0.4 is 4.89 Å².